The first-order chi connectivity index (χ1) is 6.63. The smallest absolute Gasteiger partial charge is 0.159 e. The van der Waals surface area contributed by atoms with Crippen molar-refractivity contribution in [1.29, 1.82) is 0 Å². The Balaban J connectivity index is 2.68. The highest BCUT2D eigenvalue weighted by molar-refractivity contribution is 5.94. The molecular weight excluding hydrogens is 168 g/mol. The van der Waals surface area contributed by atoms with Crippen LogP contribution in [0.3, 0.4) is 0 Å². The number of carbonyl (C=O) groups is 1. The van der Waals surface area contributed by atoms with E-state index < -0.39 is 6.58 Å². The summed E-state index contributed by atoms with van der Waals surface area (Å²) in [5.41, 5.74) is 0.600. The topological polar surface area (TPSA) is 46.5 Å². The zero-order valence-corrected chi connectivity index (χ0v) is 7.36. The average Bonchev–Trinajstić information content (AvgIpc) is 2.18. The molecule has 0 radical (unpaired) electrons. The molecule has 3 nitrogen and oxygen atoms in total. The van der Waals surface area contributed by atoms with Crippen molar-refractivity contribution in [3.05, 3.63) is 29.8 Å². The van der Waals surface area contributed by atoms with Crippen molar-refractivity contribution in [2.24, 2.45) is 0 Å². The van der Waals surface area contributed by atoms with Gasteiger partial charge in [0.15, 0.2) is 5.78 Å². The van der Waals surface area contributed by atoms with E-state index in [1.54, 1.807) is 24.3 Å². The van der Waals surface area contributed by atoms with Crippen molar-refractivity contribution in [2.45, 2.75) is 6.92 Å². The molecule has 70 valence electrons. The predicted octanol–water partition coefficient (Wildman–Crippen LogP) is 1.26. The highest BCUT2D eigenvalue weighted by Crippen LogP contribution is 2.12. The van der Waals surface area contributed by atoms with E-state index in [2.05, 4.69) is 0 Å². The van der Waals surface area contributed by atoms with Gasteiger partial charge < -0.3 is 9.84 Å². The van der Waals surface area contributed by atoms with Gasteiger partial charge in [0.2, 0.25) is 0 Å². The number of aliphatic hydroxyl groups is 1. The second-order valence-electron chi connectivity index (χ2n) is 2.55. The molecule has 0 saturated heterocycles. The molecule has 13 heavy (non-hydrogen) atoms. The fourth-order valence-corrected chi connectivity index (χ4v) is 0.902. The first-order valence-corrected chi connectivity index (χ1v) is 3.94. The first kappa shape index (κ1) is 8.26. The maximum Gasteiger partial charge on any atom is 0.159 e. The molecule has 1 N–H and O–H groups in total. The van der Waals surface area contributed by atoms with E-state index in [1.807, 2.05) is 0 Å². The fraction of sp³-hybridized carbons (Fsp3) is 0.300. The average molecular weight is 181 g/mol. The number of rotatable bonds is 4. The lowest BCUT2D eigenvalue weighted by Crippen LogP contribution is -2.01. The molecule has 0 fully saturated rings. The molecule has 1 unspecified atom stereocenters. The summed E-state index contributed by atoms with van der Waals surface area (Å²) in [7, 11) is 0. The van der Waals surface area contributed by atoms with E-state index in [9.17, 15) is 4.79 Å². The van der Waals surface area contributed by atoms with E-state index in [-0.39, 0.29) is 12.4 Å². The summed E-state index contributed by atoms with van der Waals surface area (Å²) in [6.07, 6.45) is 0. The molecule has 0 saturated carbocycles. The SMILES string of the molecule is [2H]C(CO)Oc1ccc(C(C)=O)cc1. The molecule has 1 aromatic rings. The molecule has 0 aliphatic rings. The van der Waals surface area contributed by atoms with Gasteiger partial charge in [0.25, 0.3) is 0 Å². The number of hydrogen-bond acceptors (Lipinski definition) is 3. The Kier molecular flexibility index (Phi) is 2.94. The van der Waals surface area contributed by atoms with Gasteiger partial charge in [-0.3, -0.25) is 4.79 Å². The molecule has 0 amide bonds. The minimum Gasteiger partial charge on any atom is -0.491 e. The molecule has 1 rings (SSSR count). The number of benzene rings is 1. The van der Waals surface area contributed by atoms with Crippen LogP contribution < -0.4 is 4.74 Å². The van der Waals surface area contributed by atoms with Crippen LogP contribution in [0.15, 0.2) is 24.3 Å². The number of carbonyl (C=O) groups excluding carboxylic acids is 1. The van der Waals surface area contributed by atoms with Gasteiger partial charge in [-0.15, -0.1) is 0 Å². The molecule has 0 heterocycles. The summed E-state index contributed by atoms with van der Waals surface area (Å²) >= 11 is 0. The molecule has 1 atom stereocenters. The standard InChI is InChI=1S/C10H12O3/c1-8(12)9-2-4-10(5-3-9)13-7-6-11/h2-5,11H,6-7H2,1H3/i7D. The maximum atomic E-state index is 10.9. The van der Waals surface area contributed by atoms with Gasteiger partial charge in [0.05, 0.1) is 7.98 Å². The Labute approximate surface area is 78.4 Å². The van der Waals surface area contributed by atoms with Gasteiger partial charge in [-0.25, -0.2) is 0 Å². The molecule has 0 bridgehead atoms. The van der Waals surface area contributed by atoms with Crippen LogP contribution in [0.2, 0.25) is 0 Å². The largest absolute Gasteiger partial charge is 0.491 e. The fourth-order valence-electron chi connectivity index (χ4n) is 0.902. The van der Waals surface area contributed by atoms with E-state index in [4.69, 9.17) is 11.2 Å². The highest BCUT2D eigenvalue weighted by atomic mass is 16.5. The number of ketones is 1. The van der Waals surface area contributed by atoms with Gasteiger partial charge in [-0.1, -0.05) is 0 Å². The van der Waals surface area contributed by atoms with E-state index in [1.165, 1.54) is 6.92 Å². The number of Topliss-reactive ketones (excluding diaryl/α,β-unsaturated/α-hetero) is 1. The lowest BCUT2D eigenvalue weighted by atomic mass is 10.1. The number of ether oxygens (including phenoxy) is 1. The van der Waals surface area contributed by atoms with Crippen LogP contribution in [-0.2, 0) is 0 Å². The van der Waals surface area contributed by atoms with Gasteiger partial charge in [-0.2, -0.15) is 0 Å². The van der Waals surface area contributed by atoms with E-state index in [0.29, 0.717) is 11.3 Å². The normalized spacial score (nSPS) is 13.2. The molecule has 1 aromatic carbocycles. The predicted molar refractivity (Wildman–Crippen MR) is 49.0 cm³/mol. The Bertz CT molecular complexity index is 308. The summed E-state index contributed by atoms with van der Waals surface area (Å²) in [6.45, 7) is 0.156. The third-order valence-corrected chi connectivity index (χ3v) is 1.55. The van der Waals surface area contributed by atoms with Crippen LogP contribution in [-0.4, -0.2) is 24.1 Å². The van der Waals surface area contributed by atoms with Gasteiger partial charge in [0.1, 0.15) is 12.3 Å². The highest BCUT2D eigenvalue weighted by Gasteiger charge is 1.98. The Morgan fingerprint density at radius 1 is 1.54 bits per heavy atom. The van der Waals surface area contributed by atoms with Crippen LogP contribution in [0.4, 0.5) is 0 Å². The summed E-state index contributed by atoms with van der Waals surface area (Å²) in [5.74, 6) is 0.463. The molecule has 0 aliphatic heterocycles. The first-order valence-electron chi connectivity index (χ1n) is 4.52. The summed E-state index contributed by atoms with van der Waals surface area (Å²) in [4.78, 5) is 10.9. The van der Waals surface area contributed by atoms with Crippen molar-refractivity contribution in [3.8, 4) is 5.75 Å². The number of hydrogen-bond donors (Lipinski definition) is 1. The van der Waals surface area contributed by atoms with Crippen LogP contribution in [0, 0.1) is 0 Å². The Morgan fingerprint density at radius 2 is 2.15 bits per heavy atom. The summed E-state index contributed by atoms with van der Waals surface area (Å²) in [5, 5.41) is 8.57. The van der Waals surface area contributed by atoms with Crippen molar-refractivity contribution < 1.29 is 16.0 Å². The lowest BCUT2D eigenvalue weighted by Gasteiger charge is -2.03. The van der Waals surface area contributed by atoms with E-state index in [0.717, 1.165) is 0 Å². The minimum atomic E-state index is -0.974. The molecule has 0 spiro atoms. The summed E-state index contributed by atoms with van der Waals surface area (Å²) in [6, 6.07) is 6.46. The van der Waals surface area contributed by atoms with Gasteiger partial charge >= 0.3 is 0 Å². The molecular formula is C10H12O3. The second kappa shape index (κ2) is 4.62. The third-order valence-electron chi connectivity index (χ3n) is 1.55. The number of aliphatic hydroxyl groups excluding tert-OH is 1. The second-order valence-corrected chi connectivity index (χ2v) is 2.55. The van der Waals surface area contributed by atoms with Gasteiger partial charge in [-0.05, 0) is 31.2 Å². The van der Waals surface area contributed by atoms with Crippen LogP contribution >= 0.6 is 0 Å². The third kappa shape index (κ3) is 2.87. The zero-order chi connectivity index (χ0) is 10.6. The molecule has 0 aromatic heterocycles. The van der Waals surface area contributed by atoms with Crippen LogP contribution in [0.25, 0.3) is 0 Å². The lowest BCUT2D eigenvalue weighted by molar-refractivity contribution is 0.101. The van der Waals surface area contributed by atoms with Crippen molar-refractivity contribution in [1.82, 2.24) is 0 Å². The van der Waals surface area contributed by atoms with Gasteiger partial charge in [0, 0.05) is 5.56 Å². The monoisotopic (exact) mass is 181 g/mol. The van der Waals surface area contributed by atoms with Crippen LogP contribution in [0.5, 0.6) is 5.75 Å². The van der Waals surface area contributed by atoms with Crippen molar-refractivity contribution in [2.75, 3.05) is 13.2 Å². The quantitative estimate of drug-likeness (QED) is 0.711. The molecule has 3 heteroatoms. The Hall–Kier alpha value is -1.35. The van der Waals surface area contributed by atoms with Crippen molar-refractivity contribution >= 4 is 5.78 Å². The van der Waals surface area contributed by atoms with Crippen molar-refractivity contribution in [3.63, 3.8) is 0 Å². The molecule has 0 aliphatic carbocycles. The minimum absolute atomic E-state index is 0.0128. The summed E-state index contributed by atoms with van der Waals surface area (Å²) < 4.78 is 12.2. The Morgan fingerprint density at radius 3 is 2.62 bits per heavy atom. The van der Waals surface area contributed by atoms with Crippen LogP contribution in [0.1, 0.15) is 18.7 Å². The maximum absolute atomic E-state index is 10.9. The van der Waals surface area contributed by atoms with E-state index >= 15 is 0 Å². The zero-order valence-electron chi connectivity index (χ0n) is 8.36.